The van der Waals surface area contributed by atoms with Crippen molar-refractivity contribution in [3.8, 4) is 0 Å². The Morgan fingerprint density at radius 1 is 1.21 bits per heavy atom. The third-order valence-electron chi connectivity index (χ3n) is 5.24. The molecule has 1 spiro atoms. The third-order valence-corrected chi connectivity index (χ3v) is 5.24. The van der Waals surface area contributed by atoms with Crippen molar-refractivity contribution in [3.63, 3.8) is 0 Å². The molecule has 1 aromatic carbocycles. The highest BCUT2D eigenvalue weighted by atomic mass is 16.6. The first-order valence-electron chi connectivity index (χ1n) is 8.71. The molecule has 128 valence electrons. The predicted octanol–water partition coefficient (Wildman–Crippen LogP) is 3.86. The number of likely N-dealkylation sites (tertiary alicyclic amines) is 1. The van der Waals surface area contributed by atoms with Crippen molar-refractivity contribution >= 4 is 6.09 Å². The van der Waals surface area contributed by atoms with E-state index >= 15 is 0 Å². The van der Waals surface area contributed by atoms with Crippen molar-refractivity contribution in [1.29, 1.82) is 0 Å². The number of hydrogen-bond donors (Lipinski definition) is 1. The summed E-state index contributed by atoms with van der Waals surface area (Å²) in [5.41, 5.74) is 3.85. The lowest BCUT2D eigenvalue weighted by Gasteiger charge is -2.39. The van der Waals surface area contributed by atoms with E-state index in [1.165, 1.54) is 11.3 Å². The van der Waals surface area contributed by atoms with Gasteiger partial charge in [0.15, 0.2) is 0 Å². The van der Waals surface area contributed by atoms with E-state index in [1.807, 2.05) is 35.2 Å². The minimum atomic E-state index is -0.201. The predicted molar refractivity (Wildman–Crippen MR) is 95.4 cm³/mol. The van der Waals surface area contributed by atoms with Crippen molar-refractivity contribution < 1.29 is 9.53 Å². The van der Waals surface area contributed by atoms with Crippen LogP contribution in [0.15, 0.2) is 53.8 Å². The summed E-state index contributed by atoms with van der Waals surface area (Å²) in [6.45, 7) is 6.99. The molecule has 2 aliphatic rings. The van der Waals surface area contributed by atoms with Crippen LogP contribution in [0.2, 0.25) is 0 Å². The molecule has 3 rings (SSSR count). The zero-order chi connectivity index (χ0) is 17.0. The average Bonchev–Trinajstić information content (AvgIpc) is 2.98. The van der Waals surface area contributed by atoms with Crippen LogP contribution in [0.5, 0.6) is 0 Å². The zero-order valence-electron chi connectivity index (χ0n) is 14.5. The molecule has 2 heterocycles. The molecule has 1 N–H and O–H groups in total. The molecule has 2 fully saturated rings. The summed E-state index contributed by atoms with van der Waals surface area (Å²) < 4.78 is 5.46. The normalized spacial score (nSPS) is 22.8. The summed E-state index contributed by atoms with van der Waals surface area (Å²) in [5.74, 6) is 0. The lowest BCUT2D eigenvalue weighted by molar-refractivity contribution is 0.0734. The summed E-state index contributed by atoms with van der Waals surface area (Å²) in [7, 11) is 0. The number of allylic oxidation sites excluding steroid dienone is 3. The largest absolute Gasteiger partial charge is 0.445 e. The molecule has 0 bridgehead atoms. The Labute approximate surface area is 144 Å². The van der Waals surface area contributed by atoms with Crippen LogP contribution in [-0.4, -0.2) is 30.6 Å². The Kier molecular flexibility index (Phi) is 4.93. The lowest BCUT2D eigenvalue weighted by Crippen LogP contribution is -2.44. The van der Waals surface area contributed by atoms with Gasteiger partial charge in [-0.1, -0.05) is 42.5 Å². The monoisotopic (exact) mass is 326 g/mol. The Balaban J connectivity index is 1.56. The van der Waals surface area contributed by atoms with Crippen molar-refractivity contribution in [3.05, 3.63) is 59.3 Å². The van der Waals surface area contributed by atoms with Crippen molar-refractivity contribution in [1.82, 2.24) is 10.2 Å². The van der Waals surface area contributed by atoms with Gasteiger partial charge in [-0.05, 0) is 37.8 Å². The standard InChI is InChI=1S/C20H26N2O2/c1-3-17-18(4-2)21-15-20(17)10-12-22(13-11-20)19(23)24-14-16-8-6-5-7-9-16/h3-9,21H,10-15H2,1-2H3/b17-3+,18-4+. The number of amides is 1. The Morgan fingerprint density at radius 3 is 2.54 bits per heavy atom. The number of benzene rings is 1. The molecule has 0 atom stereocenters. The van der Waals surface area contributed by atoms with Gasteiger partial charge in [0.1, 0.15) is 6.61 Å². The molecule has 2 aliphatic heterocycles. The Bertz CT molecular complexity index is 641. The van der Waals surface area contributed by atoms with Crippen molar-refractivity contribution in [2.24, 2.45) is 5.41 Å². The molecule has 1 aromatic rings. The quantitative estimate of drug-likeness (QED) is 0.897. The molecule has 0 aliphatic carbocycles. The van der Waals surface area contributed by atoms with Crippen LogP contribution in [0.4, 0.5) is 4.79 Å². The lowest BCUT2D eigenvalue weighted by atomic mass is 9.73. The van der Waals surface area contributed by atoms with Crippen LogP contribution in [0.3, 0.4) is 0 Å². The Morgan fingerprint density at radius 2 is 1.92 bits per heavy atom. The van der Waals surface area contributed by atoms with Crippen LogP contribution >= 0.6 is 0 Å². The molecular weight excluding hydrogens is 300 g/mol. The maximum absolute atomic E-state index is 12.3. The number of piperidine rings is 1. The fraction of sp³-hybridized carbons (Fsp3) is 0.450. The van der Waals surface area contributed by atoms with Crippen LogP contribution in [0, 0.1) is 5.41 Å². The fourth-order valence-corrected chi connectivity index (χ4v) is 3.83. The second kappa shape index (κ2) is 7.12. The van der Waals surface area contributed by atoms with Gasteiger partial charge in [0.2, 0.25) is 0 Å². The minimum absolute atomic E-state index is 0.173. The van der Waals surface area contributed by atoms with Crippen molar-refractivity contribution in [2.75, 3.05) is 19.6 Å². The van der Waals surface area contributed by atoms with Gasteiger partial charge < -0.3 is 15.0 Å². The highest BCUT2D eigenvalue weighted by Crippen LogP contribution is 2.45. The topological polar surface area (TPSA) is 41.6 Å². The van der Waals surface area contributed by atoms with E-state index in [0.29, 0.717) is 6.61 Å². The van der Waals surface area contributed by atoms with Gasteiger partial charge in [-0.25, -0.2) is 4.79 Å². The van der Waals surface area contributed by atoms with Crippen LogP contribution in [0.25, 0.3) is 0 Å². The molecule has 2 saturated heterocycles. The van der Waals surface area contributed by atoms with E-state index < -0.39 is 0 Å². The summed E-state index contributed by atoms with van der Waals surface area (Å²) in [6, 6.07) is 9.82. The van der Waals surface area contributed by atoms with Gasteiger partial charge >= 0.3 is 6.09 Å². The maximum Gasteiger partial charge on any atom is 0.410 e. The minimum Gasteiger partial charge on any atom is -0.445 e. The first kappa shape index (κ1) is 16.6. The van der Waals surface area contributed by atoms with Crippen LogP contribution < -0.4 is 5.32 Å². The van der Waals surface area contributed by atoms with Crippen molar-refractivity contribution in [2.45, 2.75) is 33.3 Å². The molecule has 4 nitrogen and oxygen atoms in total. The van der Waals surface area contributed by atoms with E-state index in [1.54, 1.807) is 0 Å². The second-order valence-electron chi connectivity index (χ2n) is 6.57. The summed E-state index contributed by atoms with van der Waals surface area (Å²) in [5, 5.41) is 3.52. The number of ether oxygens (including phenoxy) is 1. The molecule has 0 radical (unpaired) electrons. The second-order valence-corrected chi connectivity index (χ2v) is 6.57. The van der Waals surface area contributed by atoms with Gasteiger partial charge in [0.25, 0.3) is 0 Å². The van der Waals surface area contributed by atoms with Crippen LogP contribution in [-0.2, 0) is 11.3 Å². The molecule has 0 aromatic heterocycles. The molecular formula is C20H26N2O2. The Hall–Kier alpha value is -2.23. The highest BCUT2D eigenvalue weighted by Gasteiger charge is 2.43. The van der Waals surface area contributed by atoms with Gasteiger partial charge in [-0.2, -0.15) is 0 Å². The van der Waals surface area contributed by atoms with E-state index in [9.17, 15) is 4.79 Å². The van der Waals surface area contributed by atoms with Gasteiger partial charge in [0, 0.05) is 30.7 Å². The molecule has 24 heavy (non-hydrogen) atoms. The fourth-order valence-electron chi connectivity index (χ4n) is 3.83. The number of carbonyl (C=O) groups excluding carboxylic acids is 1. The highest BCUT2D eigenvalue weighted by molar-refractivity contribution is 5.68. The van der Waals surface area contributed by atoms with Crippen LogP contribution in [0.1, 0.15) is 32.3 Å². The van der Waals surface area contributed by atoms with E-state index in [2.05, 4.69) is 31.3 Å². The maximum atomic E-state index is 12.3. The first-order valence-corrected chi connectivity index (χ1v) is 8.71. The smallest absolute Gasteiger partial charge is 0.410 e. The number of nitrogens with zero attached hydrogens (tertiary/aromatic N) is 1. The van der Waals surface area contributed by atoms with E-state index in [-0.39, 0.29) is 11.5 Å². The van der Waals surface area contributed by atoms with E-state index in [0.717, 1.165) is 38.0 Å². The molecule has 0 unspecified atom stereocenters. The summed E-state index contributed by atoms with van der Waals surface area (Å²) in [6.07, 6.45) is 6.13. The molecule has 1 amide bonds. The average molecular weight is 326 g/mol. The zero-order valence-corrected chi connectivity index (χ0v) is 14.5. The molecule has 4 heteroatoms. The summed E-state index contributed by atoms with van der Waals surface area (Å²) in [4.78, 5) is 14.2. The summed E-state index contributed by atoms with van der Waals surface area (Å²) >= 11 is 0. The molecule has 0 saturated carbocycles. The van der Waals surface area contributed by atoms with Gasteiger partial charge in [-0.15, -0.1) is 0 Å². The number of carbonyl (C=O) groups is 1. The number of hydrogen-bond acceptors (Lipinski definition) is 3. The number of nitrogens with one attached hydrogen (secondary N) is 1. The van der Waals surface area contributed by atoms with E-state index in [4.69, 9.17) is 4.74 Å². The third kappa shape index (κ3) is 3.18. The van der Waals surface area contributed by atoms with Gasteiger partial charge in [0.05, 0.1) is 0 Å². The first-order chi connectivity index (χ1) is 11.7. The number of rotatable bonds is 2. The SMILES string of the molecule is C/C=C1\C(=C/C)NCC12CCN(C(=O)OCc1ccccc1)CC2. The van der Waals surface area contributed by atoms with Gasteiger partial charge in [-0.3, -0.25) is 0 Å².